The first kappa shape index (κ1) is 18.4. The van der Waals surface area contributed by atoms with Crippen LogP contribution in [0.5, 0.6) is 5.75 Å². The molecule has 1 aromatic carbocycles. The van der Waals surface area contributed by atoms with Gasteiger partial charge >= 0.3 is 0 Å². The van der Waals surface area contributed by atoms with Gasteiger partial charge in [-0.1, -0.05) is 39.8 Å². The molecular formula is C17H27NO2. The molecule has 0 bridgehead atoms. The van der Waals surface area contributed by atoms with Crippen LogP contribution < -0.4 is 0 Å². The number of phenols is 1. The molecule has 1 atom stereocenters. The lowest BCUT2D eigenvalue weighted by Crippen LogP contribution is -1.96. The van der Waals surface area contributed by atoms with Gasteiger partial charge in [0.1, 0.15) is 11.3 Å². The second-order valence-corrected chi connectivity index (χ2v) is 4.17. The molecule has 112 valence electrons. The van der Waals surface area contributed by atoms with E-state index < -0.39 is 6.10 Å². The van der Waals surface area contributed by atoms with Crippen LogP contribution in [0.15, 0.2) is 18.2 Å². The molecule has 1 unspecified atom stereocenters. The summed E-state index contributed by atoms with van der Waals surface area (Å²) in [6, 6.07) is 5.61. The molecule has 0 aliphatic carbocycles. The summed E-state index contributed by atoms with van der Waals surface area (Å²) in [5.74, 6) is 0.197. The van der Waals surface area contributed by atoms with Gasteiger partial charge in [0.2, 0.25) is 0 Å². The van der Waals surface area contributed by atoms with Gasteiger partial charge in [-0.15, -0.1) is 0 Å². The zero-order valence-corrected chi connectivity index (χ0v) is 13.7. The van der Waals surface area contributed by atoms with Gasteiger partial charge in [0.25, 0.3) is 0 Å². The van der Waals surface area contributed by atoms with E-state index in [1.54, 1.807) is 13.0 Å². The van der Waals surface area contributed by atoms with Gasteiger partial charge < -0.3 is 10.2 Å². The molecule has 20 heavy (non-hydrogen) atoms. The van der Waals surface area contributed by atoms with Crippen LogP contribution in [0.25, 0.3) is 10.9 Å². The quantitative estimate of drug-likeness (QED) is 0.797. The van der Waals surface area contributed by atoms with Crippen molar-refractivity contribution in [1.82, 2.24) is 4.98 Å². The Balaban J connectivity index is 0.000000829. The number of aryl methyl sites for hydroxylation is 2. The SMILES string of the molecule is CC.CC.Cc1cc(C)c2ccc(C(C)O)nc2c1O. The molecule has 2 N–H and O–H groups in total. The number of hydrogen-bond donors (Lipinski definition) is 2. The Morgan fingerprint density at radius 2 is 1.55 bits per heavy atom. The zero-order chi connectivity index (χ0) is 15.9. The molecule has 0 saturated heterocycles. The molecule has 2 rings (SSSR count). The van der Waals surface area contributed by atoms with E-state index >= 15 is 0 Å². The van der Waals surface area contributed by atoms with E-state index in [0.717, 1.165) is 16.5 Å². The fraction of sp³-hybridized carbons (Fsp3) is 0.471. The number of aliphatic hydroxyl groups is 1. The second-order valence-electron chi connectivity index (χ2n) is 4.17. The van der Waals surface area contributed by atoms with Crippen molar-refractivity contribution in [3.8, 4) is 5.75 Å². The highest BCUT2D eigenvalue weighted by atomic mass is 16.3. The van der Waals surface area contributed by atoms with Crippen LogP contribution >= 0.6 is 0 Å². The molecule has 1 heterocycles. The van der Waals surface area contributed by atoms with Crippen LogP contribution in [0.2, 0.25) is 0 Å². The van der Waals surface area contributed by atoms with Gasteiger partial charge in [0, 0.05) is 5.39 Å². The number of hydrogen-bond acceptors (Lipinski definition) is 3. The predicted octanol–water partition coefficient (Wildman–Crippen LogP) is 4.66. The molecular weight excluding hydrogens is 250 g/mol. The van der Waals surface area contributed by atoms with Crippen LogP contribution in [0, 0.1) is 13.8 Å². The summed E-state index contributed by atoms with van der Waals surface area (Å²) in [7, 11) is 0. The highest BCUT2D eigenvalue weighted by Gasteiger charge is 2.10. The molecule has 2 aromatic rings. The van der Waals surface area contributed by atoms with Crippen LogP contribution in [0.3, 0.4) is 0 Å². The Bertz CT molecular complexity index is 548. The lowest BCUT2D eigenvalue weighted by atomic mass is 10.0. The normalized spacial score (nSPS) is 11.0. The van der Waals surface area contributed by atoms with Crippen molar-refractivity contribution in [3.05, 3.63) is 35.0 Å². The topological polar surface area (TPSA) is 53.4 Å². The third kappa shape index (κ3) is 3.94. The number of rotatable bonds is 1. The van der Waals surface area contributed by atoms with Gasteiger partial charge in [0.05, 0.1) is 11.8 Å². The van der Waals surface area contributed by atoms with Gasteiger partial charge in [-0.3, -0.25) is 0 Å². The average molecular weight is 277 g/mol. The molecule has 0 radical (unpaired) electrons. The lowest BCUT2D eigenvalue weighted by Gasteiger charge is -2.10. The molecule has 0 amide bonds. The van der Waals surface area contributed by atoms with E-state index in [1.807, 2.05) is 53.7 Å². The molecule has 0 spiro atoms. The molecule has 0 aliphatic rings. The fourth-order valence-electron chi connectivity index (χ4n) is 1.86. The Kier molecular flexibility index (Phi) is 7.85. The highest BCUT2D eigenvalue weighted by molar-refractivity contribution is 5.88. The number of nitrogens with zero attached hydrogens (tertiary/aromatic N) is 1. The summed E-state index contributed by atoms with van der Waals surface area (Å²) in [4.78, 5) is 4.30. The molecule has 0 saturated carbocycles. The summed E-state index contributed by atoms with van der Waals surface area (Å²) in [6.07, 6.45) is -0.621. The highest BCUT2D eigenvalue weighted by Crippen LogP contribution is 2.30. The maximum Gasteiger partial charge on any atom is 0.144 e. The van der Waals surface area contributed by atoms with Gasteiger partial charge in [-0.25, -0.2) is 4.98 Å². The van der Waals surface area contributed by atoms with E-state index in [4.69, 9.17) is 0 Å². The molecule has 3 heteroatoms. The van der Waals surface area contributed by atoms with E-state index in [1.165, 1.54) is 0 Å². The van der Waals surface area contributed by atoms with Crippen LogP contribution in [0.4, 0.5) is 0 Å². The van der Waals surface area contributed by atoms with Crippen LogP contribution in [0.1, 0.15) is 57.5 Å². The van der Waals surface area contributed by atoms with Crippen molar-refractivity contribution in [2.45, 2.75) is 54.6 Å². The van der Waals surface area contributed by atoms with E-state index in [0.29, 0.717) is 11.2 Å². The number of aromatic hydroxyl groups is 1. The summed E-state index contributed by atoms with van der Waals surface area (Å²) in [5, 5.41) is 20.3. The molecule has 3 nitrogen and oxygen atoms in total. The van der Waals surface area contributed by atoms with Crippen molar-refractivity contribution in [2.75, 3.05) is 0 Å². The molecule has 1 aromatic heterocycles. The van der Waals surface area contributed by atoms with E-state index in [9.17, 15) is 10.2 Å². The van der Waals surface area contributed by atoms with E-state index in [-0.39, 0.29) is 5.75 Å². The first-order chi connectivity index (χ1) is 9.50. The number of fused-ring (bicyclic) bond motifs is 1. The summed E-state index contributed by atoms with van der Waals surface area (Å²) in [6.45, 7) is 13.5. The standard InChI is InChI=1S/C13H15NO2.2C2H6/c1-7-6-8(2)13(16)12-10(7)4-5-11(14-12)9(3)15;2*1-2/h4-6,9,15-16H,1-3H3;2*1-2H3. The Labute approximate surface area is 122 Å². The summed E-state index contributed by atoms with van der Waals surface area (Å²) < 4.78 is 0. The summed E-state index contributed by atoms with van der Waals surface area (Å²) in [5.41, 5.74) is 3.03. The van der Waals surface area contributed by atoms with Gasteiger partial charge in [-0.2, -0.15) is 0 Å². The number of benzene rings is 1. The Morgan fingerprint density at radius 1 is 1.00 bits per heavy atom. The zero-order valence-electron chi connectivity index (χ0n) is 13.7. The minimum absolute atomic E-state index is 0.197. The minimum atomic E-state index is -0.621. The number of pyridine rings is 1. The maximum atomic E-state index is 9.94. The van der Waals surface area contributed by atoms with Crippen molar-refractivity contribution >= 4 is 10.9 Å². The number of aliphatic hydroxyl groups excluding tert-OH is 1. The molecule has 0 aliphatic heterocycles. The van der Waals surface area contributed by atoms with E-state index in [2.05, 4.69) is 4.98 Å². The second kappa shape index (κ2) is 8.54. The number of aromatic nitrogens is 1. The number of phenolic OH excluding ortho intramolecular Hbond substituents is 1. The van der Waals surface area contributed by atoms with Crippen LogP contribution in [-0.4, -0.2) is 15.2 Å². The van der Waals surface area contributed by atoms with Gasteiger partial charge in [0.15, 0.2) is 0 Å². The van der Waals surface area contributed by atoms with Crippen molar-refractivity contribution < 1.29 is 10.2 Å². The monoisotopic (exact) mass is 277 g/mol. The first-order valence-electron chi connectivity index (χ1n) is 7.28. The third-order valence-electron chi connectivity index (χ3n) is 2.80. The van der Waals surface area contributed by atoms with Crippen LogP contribution in [-0.2, 0) is 0 Å². The molecule has 0 fully saturated rings. The minimum Gasteiger partial charge on any atom is -0.505 e. The van der Waals surface area contributed by atoms with Crippen molar-refractivity contribution in [2.24, 2.45) is 0 Å². The largest absolute Gasteiger partial charge is 0.505 e. The average Bonchev–Trinajstić information content (AvgIpc) is 2.48. The Morgan fingerprint density at radius 3 is 2.05 bits per heavy atom. The third-order valence-corrected chi connectivity index (χ3v) is 2.80. The predicted molar refractivity (Wildman–Crippen MR) is 86.2 cm³/mol. The first-order valence-corrected chi connectivity index (χ1v) is 7.28. The summed E-state index contributed by atoms with van der Waals surface area (Å²) >= 11 is 0. The fourth-order valence-corrected chi connectivity index (χ4v) is 1.86. The Hall–Kier alpha value is -1.61. The maximum absolute atomic E-state index is 9.94. The van der Waals surface area contributed by atoms with Gasteiger partial charge in [-0.05, 0) is 38.0 Å². The smallest absolute Gasteiger partial charge is 0.144 e. The lowest BCUT2D eigenvalue weighted by molar-refractivity contribution is 0.194. The van der Waals surface area contributed by atoms with Crippen molar-refractivity contribution in [1.29, 1.82) is 0 Å². The van der Waals surface area contributed by atoms with Crippen molar-refractivity contribution in [3.63, 3.8) is 0 Å².